The zero-order chi connectivity index (χ0) is 13.2. The first kappa shape index (κ1) is 13.1. The first-order chi connectivity index (χ1) is 8.60. The molecule has 18 heavy (non-hydrogen) atoms. The number of ether oxygens (including phenoxy) is 2. The molecule has 1 heterocycles. The number of nitrogens with zero attached hydrogens (tertiary/aromatic N) is 2. The summed E-state index contributed by atoms with van der Waals surface area (Å²) < 4.78 is 12.5. The highest BCUT2D eigenvalue weighted by Crippen LogP contribution is 2.27. The normalized spacial score (nSPS) is 11.8. The highest BCUT2D eigenvalue weighted by atomic mass is 35.5. The van der Waals surface area contributed by atoms with E-state index in [4.69, 9.17) is 21.1 Å². The Morgan fingerprint density at radius 1 is 1.22 bits per heavy atom. The van der Waals surface area contributed by atoms with E-state index in [0.717, 1.165) is 5.69 Å². The van der Waals surface area contributed by atoms with E-state index in [2.05, 4.69) is 11.2 Å². The first-order valence-corrected chi connectivity index (χ1v) is 5.81. The van der Waals surface area contributed by atoms with Gasteiger partial charge in [-0.1, -0.05) is 11.6 Å². The number of rotatable bonds is 4. The van der Waals surface area contributed by atoms with Gasteiger partial charge in [0.2, 0.25) is 5.79 Å². The van der Waals surface area contributed by atoms with Crippen molar-refractivity contribution >= 4 is 11.6 Å². The third-order valence-corrected chi connectivity index (χ3v) is 3.12. The summed E-state index contributed by atoms with van der Waals surface area (Å²) in [6.45, 7) is 1.81. The molecule has 0 bridgehead atoms. The molecule has 1 aromatic heterocycles. The summed E-state index contributed by atoms with van der Waals surface area (Å²) in [7, 11) is 3.16. The van der Waals surface area contributed by atoms with Crippen LogP contribution >= 0.6 is 11.6 Å². The average Bonchev–Trinajstić information content (AvgIpc) is 2.88. The number of halogens is 1. The number of aromatic nitrogens is 2. The van der Waals surface area contributed by atoms with Crippen molar-refractivity contribution in [2.75, 3.05) is 14.2 Å². The van der Waals surface area contributed by atoms with Crippen LogP contribution in [-0.4, -0.2) is 24.0 Å². The molecule has 0 unspecified atom stereocenters. The predicted octanol–water partition coefficient (Wildman–Crippen LogP) is 2.79. The molecule has 0 aliphatic carbocycles. The minimum atomic E-state index is -0.893. The summed E-state index contributed by atoms with van der Waals surface area (Å²) in [6.07, 6.45) is 1.58. The number of methoxy groups -OCH3 is 2. The molecular formula is C13H14ClN2O2. The van der Waals surface area contributed by atoms with Crippen LogP contribution in [0.2, 0.25) is 5.02 Å². The molecule has 1 aromatic carbocycles. The lowest BCUT2D eigenvalue weighted by atomic mass is 10.2. The molecule has 0 N–H and O–H groups in total. The Balaban J connectivity index is 2.48. The van der Waals surface area contributed by atoms with Crippen LogP contribution in [-0.2, 0) is 15.3 Å². The molecule has 5 heteroatoms. The van der Waals surface area contributed by atoms with Gasteiger partial charge >= 0.3 is 0 Å². The Morgan fingerprint density at radius 3 is 2.39 bits per heavy atom. The third-order valence-electron chi connectivity index (χ3n) is 2.87. The van der Waals surface area contributed by atoms with Crippen LogP contribution in [0.1, 0.15) is 12.6 Å². The van der Waals surface area contributed by atoms with Gasteiger partial charge in [0.25, 0.3) is 0 Å². The van der Waals surface area contributed by atoms with Gasteiger partial charge in [-0.15, -0.1) is 0 Å². The summed E-state index contributed by atoms with van der Waals surface area (Å²) in [5, 5.41) is 4.91. The van der Waals surface area contributed by atoms with E-state index in [-0.39, 0.29) is 0 Å². The van der Waals surface area contributed by atoms with Crippen molar-refractivity contribution in [3.05, 3.63) is 47.2 Å². The maximum Gasteiger partial charge on any atom is 0.209 e. The largest absolute Gasteiger partial charge is 0.348 e. The van der Waals surface area contributed by atoms with Gasteiger partial charge in [0, 0.05) is 25.3 Å². The summed E-state index contributed by atoms with van der Waals surface area (Å²) in [5.74, 6) is -0.893. The van der Waals surface area contributed by atoms with Crippen molar-refractivity contribution in [2.24, 2.45) is 0 Å². The summed E-state index contributed by atoms with van der Waals surface area (Å²) in [5.41, 5.74) is 1.56. The minimum Gasteiger partial charge on any atom is -0.348 e. The maximum atomic E-state index is 5.87. The zero-order valence-corrected chi connectivity index (χ0v) is 11.2. The van der Waals surface area contributed by atoms with Crippen LogP contribution in [0, 0.1) is 6.07 Å². The molecule has 0 aliphatic heterocycles. The van der Waals surface area contributed by atoms with Crippen LogP contribution in [0.15, 0.2) is 30.5 Å². The van der Waals surface area contributed by atoms with E-state index in [1.807, 2.05) is 19.1 Å². The second kappa shape index (κ2) is 5.10. The van der Waals surface area contributed by atoms with E-state index < -0.39 is 5.79 Å². The Labute approximate surface area is 111 Å². The van der Waals surface area contributed by atoms with Crippen molar-refractivity contribution < 1.29 is 9.47 Å². The highest BCUT2D eigenvalue weighted by molar-refractivity contribution is 6.30. The lowest BCUT2D eigenvalue weighted by Crippen LogP contribution is -2.29. The smallest absolute Gasteiger partial charge is 0.209 e. The summed E-state index contributed by atoms with van der Waals surface area (Å²) in [4.78, 5) is 0. The number of hydrogen-bond donors (Lipinski definition) is 0. The minimum absolute atomic E-state index is 0.678. The van der Waals surface area contributed by atoms with E-state index >= 15 is 0 Å². The Hall–Kier alpha value is -1.36. The SMILES string of the molecule is COC(C)(OC)c1[c]cnn1-c1ccc(Cl)cc1. The molecule has 0 aliphatic rings. The Bertz CT molecular complexity index is 518. The monoisotopic (exact) mass is 265 g/mol. The van der Waals surface area contributed by atoms with E-state index in [0.29, 0.717) is 10.7 Å². The Kier molecular flexibility index (Phi) is 3.71. The van der Waals surface area contributed by atoms with Gasteiger partial charge in [-0.3, -0.25) is 0 Å². The average molecular weight is 266 g/mol. The molecule has 0 spiro atoms. The fourth-order valence-corrected chi connectivity index (χ4v) is 1.77. The van der Waals surface area contributed by atoms with Gasteiger partial charge in [-0.05, 0) is 31.2 Å². The van der Waals surface area contributed by atoms with E-state index in [1.165, 1.54) is 0 Å². The quantitative estimate of drug-likeness (QED) is 0.798. The Morgan fingerprint density at radius 2 is 1.83 bits per heavy atom. The van der Waals surface area contributed by atoms with Gasteiger partial charge < -0.3 is 9.47 Å². The van der Waals surface area contributed by atoms with Crippen molar-refractivity contribution in [2.45, 2.75) is 12.7 Å². The molecule has 2 rings (SSSR count). The number of benzene rings is 1. The fourth-order valence-electron chi connectivity index (χ4n) is 1.64. The molecule has 2 aromatic rings. The summed E-state index contributed by atoms with van der Waals surface area (Å²) >= 11 is 5.87. The van der Waals surface area contributed by atoms with Gasteiger partial charge in [0.05, 0.1) is 11.9 Å². The van der Waals surface area contributed by atoms with Gasteiger partial charge in [-0.2, -0.15) is 5.10 Å². The molecule has 0 saturated carbocycles. The van der Waals surface area contributed by atoms with E-state index in [9.17, 15) is 0 Å². The zero-order valence-electron chi connectivity index (χ0n) is 10.5. The van der Waals surface area contributed by atoms with Crippen molar-refractivity contribution in [3.8, 4) is 5.69 Å². The first-order valence-electron chi connectivity index (χ1n) is 5.43. The lowest BCUT2D eigenvalue weighted by Gasteiger charge is -2.26. The third kappa shape index (κ3) is 2.27. The lowest BCUT2D eigenvalue weighted by molar-refractivity contribution is -0.205. The highest BCUT2D eigenvalue weighted by Gasteiger charge is 2.30. The van der Waals surface area contributed by atoms with Gasteiger partial charge in [-0.25, -0.2) is 4.68 Å². The van der Waals surface area contributed by atoms with Crippen LogP contribution in [0.25, 0.3) is 5.69 Å². The van der Waals surface area contributed by atoms with Crippen LogP contribution in [0.5, 0.6) is 0 Å². The number of hydrogen-bond acceptors (Lipinski definition) is 3. The molecule has 0 saturated heterocycles. The second-order valence-electron chi connectivity index (χ2n) is 3.88. The molecule has 0 fully saturated rings. The van der Waals surface area contributed by atoms with Crippen molar-refractivity contribution in [1.82, 2.24) is 9.78 Å². The molecule has 0 amide bonds. The topological polar surface area (TPSA) is 36.3 Å². The molecule has 95 valence electrons. The predicted molar refractivity (Wildman–Crippen MR) is 68.8 cm³/mol. The molecular weight excluding hydrogens is 252 g/mol. The van der Waals surface area contributed by atoms with Crippen molar-refractivity contribution in [1.29, 1.82) is 0 Å². The standard InChI is InChI=1S/C13H14ClN2O2/c1-13(17-2,18-3)12-8-9-15-16(12)11-6-4-10(14)5-7-11/h4-7,9H,1-3H3. The van der Waals surface area contributed by atoms with Crippen LogP contribution in [0.4, 0.5) is 0 Å². The van der Waals surface area contributed by atoms with Gasteiger partial charge in [0.1, 0.15) is 5.69 Å². The molecule has 1 radical (unpaired) electrons. The molecule has 4 nitrogen and oxygen atoms in total. The fraction of sp³-hybridized carbons (Fsp3) is 0.308. The van der Waals surface area contributed by atoms with E-state index in [1.54, 1.807) is 37.2 Å². The second-order valence-corrected chi connectivity index (χ2v) is 4.32. The maximum absolute atomic E-state index is 5.87. The van der Waals surface area contributed by atoms with Crippen LogP contribution in [0.3, 0.4) is 0 Å². The summed E-state index contributed by atoms with van der Waals surface area (Å²) in [6, 6.07) is 10.4. The molecule has 0 atom stereocenters. The van der Waals surface area contributed by atoms with Crippen molar-refractivity contribution in [3.63, 3.8) is 0 Å². The van der Waals surface area contributed by atoms with Gasteiger partial charge in [0.15, 0.2) is 0 Å². The van der Waals surface area contributed by atoms with Crippen LogP contribution < -0.4 is 0 Å².